The Balaban J connectivity index is 2.26. The molecule has 78 valence electrons. The summed E-state index contributed by atoms with van der Waals surface area (Å²) in [7, 11) is 0. The maximum Gasteiger partial charge on any atom is 0.0644 e. The van der Waals surface area contributed by atoms with Crippen LogP contribution < -0.4 is 11.3 Å². The molecule has 0 aromatic heterocycles. The van der Waals surface area contributed by atoms with Crippen LogP contribution in [0, 0.1) is 0 Å². The van der Waals surface area contributed by atoms with Crippen LogP contribution in [0.1, 0.15) is 6.92 Å². The predicted octanol–water partition coefficient (Wildman–Crippen LogP) is 0.703. The SMILES string of the molecule is CCOCC(NN)C1CSCCS1. The fraction of sp³-hybridized carbons (Fsp3) is 1.00. The Morgan fingerprint density at radius 2 is 2.46 bits per heavy atom. The van der Waals surface area contributed by atoms with Crippen molar-refractivity contribution < 1.29 is 4.74 Å². The Morgan fingerprint density at radius 3 is 3.00 bits per heavy atom. The number of nitrogens with two attached hydrogens (primary N) is 1. The average Bonchev–Trinajstić information content (AvgIpc) is 2.21. The molecule has 0 aromatic rings. The van der Waals surface area contributed by atoms with Crippen LogP contribution in [-0.4, -0.2) is 41.8 Å². The van der Waals surface area contributed by atoms with Gasteiger partial charge in [-0.25, -0.2) is 0 Å². The third-order valence-electron chi connectivity index (χ3n) is 2.01. The topological polar surface area (TPSA) is 47.3 Å². The summed E-state index contributed by atoms with van der Waals surface area (Å²) in [5.41, 5.74) is 2.85. The highest BCUT2D eigenvalue weighted by Crippen LogP contribution is 2.26. The largest absolute Gasteiger partial charge is 0.380 e. The fourth-order valence-electron chi connectivity index (χ4n) is 1.25. The van der Waals surface area contributed by atoms with Gasteiger partial charge in [0.05, 0.1) is 12.6 Å². The molecule has 1 aliphatic heterocycles. The van der Waals surface area contributed by atoms with Gasteiger partial charge < -0.3 is 4.74 Å². The molecular formula is C8H18N2OS2. The minimum Gasteiger partial charge on any atom is -0.380 e. The van der Waals surface area contributed by atoms with E-state index < -0.39 is 0 Å². The Labute approximate surface area is 88.5 Å². The lowest BCUT2D eigenvalue weighted by atomic mass is 10.2. The van der Waals surface area contributed by atoms with Crippen LogP contribution in [0.3, 0.4) is 0 Å². The van der Waals surface area contributed by atoms with Gasteiger partial charge in [-0.2, -0.15) is 23.5 Å². The molecule has 0 saturated carbocycles. The van der Waals surface area contributed by atoms with Crippen molar-refractivity contribution in [2.24, 2.45) is 5.84 Å². The van der Waals surface area contributed by atoms with E-state index in [1.165, 1.54) is 17.3 Å². The normalized spacial score (nSPS) is 25.8. The molecule has 0 radical (unpaired) electrons. The highest BCUT2D eigenvalue weighted by molar-refractivity contribution is 8.06. The maximum absolute atomic E-state index is 5.49. The molecule has 1 aliphatic rings. The van der Waals surface area contributed by atoms with Crippen LogP contribution >= 0.6 is 23.5 Å². The van der Waals surface area contributed by atoms with Crippen LogP contribution in [0.25, 0.3) is 0 Å². The molecular weight excluding hydrogens is 204 g/mol. The Kier molecular flexibility index (Phi) is 6.23. The van der Waals surface area contributed by atoms with Crippen LogP contribution in [-0.2, 0) is 4.74 Å². The quantitative estimate of drug-likeness (QED) is 0.530. The highest BCUT2D eigenvalue weighted by Gasteiger charge is 2.23. The molecule has 13 heavy (non-hydrogen) atoms. The van der Waals surface area contributed by atoms with Crippen LogP contribution in [0.4, 0.5) is 0 Å². The Hall–Kier alpha value is 0.580. The van der Waals surface area contributed by atoms with Crippen LogP contribution in [0.5, 0.6) is 0 Å². The van der Waals surface area contributed by atoms with Crippen molar-refractivity contribution in [2.75, 3.05) is 30.5 Å². The van der Waals surface area contributed by atoms with Crippen molar-refractivity contribution in [2.45, 2.75) is 18.2 Å². The first-order valence-electron chi connectivity index (χ1n) is 4.61. The summed E-state index contributed by atoms with van der Waals surface area (Å²) in [4.78, 5) is 0. The number of rotatable bonds is 5. The zero-order chi connectivity index (χ0) is 9.52. The van der Waals surface area contributed by atoms with E-state index in [4.69, 9.17) is 10.6 Å². The Bertz CT molecular complexity index is 131. The van der Waals surface area contributed by atoms with Crippen LogP contribution in [0.15, 0.2) is 0 Å². The summed E-state index contributed by atoms with van der Waals surface area (Å²) >= 11 is 4.01. The maximum atomic E-state index is 5.49. The summed E-state index contributed by atoms with van der Waals surface area (Å²) in [6.07, 6.45) is 0. The molecule has 3 N–H and O–H groups in total. The predicted molar refractivity (Wildman–Crippen MR) is 61.2 cm³/mol. The zero-order valence-electron chi connectivity index (χ0n) is 7.99. The summed E-state index contributed by atoms with van der Waals surface area (Å²) in [5.74, 6) is 9.19. The lowest BCUT2D eigenvalue weighted by Gasteiger charge is -2.28. The van der Waals surface area contributed by atoms with Gasteiger partial charge in [-0.3, -0.25) is 11.3 Å². The number of hydrogen-bond donors (Lipinski definition) is 2. The van der Waals surface area contributed by atoms with E-state index in [-0.39, 0.29) is 0 Å². The first kappa shape index (κ1) is 11.7. The highest BCUT2D eigenvalue weighted by atomic mass is 32.2. The van der Waals surface area contributed by atoms with Crippen molar-refractivity contribution >= 4 is 23.5 Å². The van der Waals surface area contributed by atoms with Gasteiger partial charge in [0.1, 0.15) is 0 Å². The monoisotopic (exact) mass is 222 g/mol. The molecule has 0 aliphatic carbocycles. The van der Waals surface area contributed by atoms with Crippen LogP contribution in [0.2, 0.25) is 0 Å². The summed E-state index contributed by atoms with van der Waals surface area (Å²) in [6, 6.07) is 0.303. The molecule has 5 heteroatoms. The van der Waals surface area contributed by atoms with E-state index in [0.29, 0.717) is 11.3 Å². The van der Waals surface area contributed by atoms with Crippen molar-refractivity contribution in [1.82, 2.24) is 5.43 Å². The van der Waals surface area contributed by atoms with Gasteiger partial charge in [-0.05, 0) is 6.92 Å². The van der Waals surface area contributed by atoms with Gasteiger partial charge in [0, 0.05) is 29.1 Å². The van der Waals surface area contributed by atoms with E-state index >= 15 is 0 Å². The van der Waals surface area contributed by atoms with Gasteiger partial charge in [0.25, 0.3) is 0 Å². The minimum atomic E-state index is 0.303. The van der Waals surface area contributed by atoms with E-state index in [1.807, 2.05) is 30.4 Å². The van der Waals surface area contributed by atoms with Crippen molar-refractivity contribution in [1.29, 1.82) is 0 Å². The van der Waals surface area contributed by atoms with E-state index in [2.05, 4.69) is 5.43 Å². The van der Waals surface area contributed by atoms with Gasteiger partial charge in [0.2, 0.25) is 0 Å². The Morgan fingerprint density at radius 1 is 1.62 bits per heavy atom. The number of hydrazine groups is 1. The van der Waals surface area contributed by atoms with Crippen molar-refractivity contribution in [3.05, 3.63) is 0 Å². The van der Waals surface area contributed by atoms with Crippen molar-refractivity contribution in [3.8, 4) is 0 Å². The molecule has 0 spiro atoms. The summed E-state index contributed by atoms with van der Waals surface area (Å²) in [5, 5.41) is 0.607. The molecule has 0 bridgehead atoms. The van der Waals surface area contributed by atoms with E-state index in [9.17, 15) is 0 Å². The molecule has 1 fully saturated rings. The van der Waals surface area contributed by atoms with Gasteiger partial charge in [0.15, 0.2) is 0 Å². The smallest absolute Gasteiger partial charge is 0.0644 e. The number of nitrogens with one attached hydrogen (secondary N) is 1. The fourth-order valence-corrected chi connectivity index (χ4v) is 4.10. The molecule has 1 heterocycles. The lowest BCUT2D eigenvalue weighted by molar-refractivity contribution is 0.123. The summed E-state index contributed by atoms with van der Waals surface area (Å²) < 4.78 is 5.37. The minimum absolute atomic E-state index is 0.303. The third-order valence-corrected chi connectivity index (χ3v) is 4.93. The molecule has 3 nitrogen and oxygen atoms in total. The second-order valence-corrected chi connectivity index (χ2v) is 5.41. The van der Waals surface area contributed by atoms with Gasteiger partial charge >= 0.3 is 0 Å². The third kappa shape index (κ3) is 4.08. The van der Waals surface area contributed by atoms with Crippen molar-refractivity contribution in [3.63, 3.8) is 0 Å². The lowest BCUT2D eigenvalue weighted by Crippen LogP contribution is -2.47. The number of ether oxygens (including phenoxy) is 1. The number of hydrogen-bond acceptors (Lipinski definition) is 5. The first-order valence-corrected chi connectivity index (χ1v) is 6.82. The molecule has 0 aromatic carbocycles. The van der Waals surface area contributed by atoms with E-state index in [0.717, 1.165) is 13.2 Å². The molecule has 1 saturated heterocycles. The van der Waals surface area contributed by atoms with Gasteiger partial charge in [-0.15, -0.1) is 0 Å². The zero-order valence-corrected chi connectivity index (χ0v) is 9.63. The first-order chi connectivity index (χ1) is 6.38. The molecule has 0 amide bonds. The van der Waals surface area contributed by atoms with Gasteiger partial charge in [-0.1, -0.05) is 0 Å². The second kappa shape index (κ2) is 6.95. The second-order valence-electron chi connectivity index (χ2n) is 2.92. The molecule has 2 unspecified atom stereocenters. The summed E-state index contributed by atoms with van der Waals surface area (Å²) in [6.45, 7) is 3.50. The average molecular weight is 222 g/mol. The van der Waals surface area contributed by atoms with E-state index in [1.54, 1.807) is 0 Å². The standard InChI is InChI=1S/C8H18N2OS2/c1-2-11-5-7(10-9)8-6-12-3-4-13-8/h7-8,10H,2-6,9H2,1H3. The molecule has 1 rings (SSSR count). The molecule has 2 atom stereocenters. The number of thioether (sulfide) groups is 2.